The third-order valence-electron chi connectivity index (χ3n) is 3.36. The lowest BCUT2D eigenvalue weighted by Gasteiger charge is -2.22. The molecule has 2 aromatic rings. The van der Waals surface area contributed by atoms with Gasteiger partial charge in [0.25, 0.3) is 5.91 Å². The number of thiophene rings is 1. The monoisotopic (exact) mass is 318 g/mol. The second-order valence-electron chi connectivity index (χ2n) is 5.87. The van der Waals surface area contributed by atoms with Crippen molar-refractivity contribution in [1.29, 1.82) is 0 Å². The molecule has 1 unspecified atom stereocenters. The molecule has 1 aromatic carbocycles. The highest BCUT2D eigenvalue weighted by Crippen LogP contribution is 2.24. The van der Waals surface area contributed by atoms with Crippen LogP contribution in [0, 0.1) is 0 Å². The Bertz CT molecular complexity index is 604. The summed E-state index contributed by atoms with van der Waals surface area (Å²) < 4.78 is 0. The summed E-state index contributed by atoms with van der Waals surface area (Å²) in [5, 5.41) is 15.1. The number of benzene rings is 1. The largest absolute Gasteiger partial charge is 0.383 e. The van der Waals surface area contributed by atoms with E-state index in [0.717, 1.165) is 17.0 Å². The molecule has 1 atom stereocenters. The lowest BCUT2D eigenvalue weighted by atomic mass is 10.0. The quantitative estimate of drug-likeness (QED) is 0.860. The fraction of sp³-hybridized carbons (Fsp3) is 0.353. The molecule has 0 saturated carbocycles. The van der Waals surface area contributed by atoms with Crippen molar-refractivity contribution in [3.63, 3.8) is 0 Å². The van der Waals surface area contributed by atoms with Crippen molar-refractivity contribution in [2.75, 3.05) is 20.6 Å². The molecule has 5 heteroatoms. The van der Waals surface area contributed by atoms with Gasteiger partial charge in [-0.05, 0) is 50.2 Å². The highest BCUT2D eigenvalue weighted by molar-refractivity contribution is 7.10. The maximum atomic E-state index is 12.2. The number of amides is 1. The van der Waals surface area contributed by atoms with Gasteiger partial charge in [-0.3, -0.25) is 4.79 Å². The summed E-state index contributed by atoms with van der Waals surface area (Å²) in [7, 11) is 4.01. The summed E-state index contributed by atoms with van der Waals surface area (Å²) in [6.07, 6.45) is 0. The lowest BCUT2D eigenvalue weighted by molar-refractivity contribution is 0.0557. The highest BCUT2D eigenvalue weighted by Gasteiger charge is 2.25. The van der Waals surface area contributed by atoms with Gasteiger partial charge in [0.15, 0.2) is 0 Å². The van der Waals surface area contributed by atoms with E-state index in [1.165, 1.54) is 11.3 Å². The second-order valence-corrected chi connectivity index (χ2v) is 6.82. The average Bonchev–Trinajstić information content (AvgIpc) is 3.00. The minimum atomic E-state index is -1.05. The highest BCUT2D eigenvalue weighted by atomic mass is 32.1. The smallest absolute Gasteiger partial charge is 0.251 e. The van der Waals surface area contributed by atoms with Crippen LogP contribution in [0.4, 0.5) is 0 Å². The molecule has 2 N–H and O–H groups in total. The van der Waals surface area contributed by atoms with Crippen molar-refractivity contribution in [2.45, 2.75) is 19.1 Å². The first-order chi connectivity index (χ1) is 10.4. The van der Waals surface area contributed by atoms with E-state index in [-0.39, 0.29) is 12.5 Å². The number of nitrogens with zero attached hydrogens (tertiary/aromatic N) is 1. The fourth-order valence-corrected chi connectivity index (χ4v) is 2.94. The van der Waals surface area contributed by atoms with Crippen molar-refractivity contribution in [3.05, 3.63) is 57.8 Å². The molecule has 0 aliphatic carbocycles. The number of carbonyl (C=O) groups is 1. The van der Waals surface area contributed by atoms with E-state index in [1.54, 1.807) is 6.92 Å². The molecule has 4 nitrogen and oxygen atoms in total. The van der Waals surface area contributed by atoms with Crippen molar-refractivity contribution in [1.82, 2.24) is 10.2 Å². The summed E-state index contributed by atoms with van der Waals surface area (Å²) in [6, 6.07) is 11.3. The van der Waals surface area contributed by atoms with E-state index in [4.69, 9.17) is 0 Å². The second kappa shape index (κ2) is 7.05. The number of rotatable bonds is 6. The molecule has 0 aliphatic heterocycles. The summed E-state index contributed by atoms with van der Waals surface area (Å²) in [6.45, 7) is 2.74. The topological polar surface area (TPSA) is 52.6 Å². The Balaban J connectivity index is 1.95. The summed E-state index contributed by atoms with van der Waals surface area (Å²) in [5.41, 5.74) is 0.714. The molecule has 118 valence electrons. The van der Waals surface area contributed by atoms with Gasteiger partial charge in [-0.1, -0.05) is 18.2 Å². The molecule has 0 saturated heterocycles. The summed E-state index contributed by atoms with van der Waals surface area (Å²) >= 11 is 1.48. The van der Waals surface area contributed by atoms with Crippen molar-refractivity contribution < 1.29 is 9.90 Å². The minimum absolute atomic E-state index is 0.173. The maximum absolute atomic E-state index is 12.2. The van der Waals surface area contributed by atoms with Crippen LogP contribution in [0.5, 0.6) is 0 Å². The van der Waals surface area contributed by atoms with Crippen LogP contribution in [-0.4, -0.2) is 36.6 Å². The van der Waals surface area contributed by atoms with E-state index in [1.807, 2.05) is 55.9 Å². The molecular formula is C17H22N2O2S. The van der Waals surface area contributed by atoms with Gasteiger partial charge in [0.2, 0.25) is 0 Å². The lowest BCUT2D eigenvalue weighted by Crippen LogP contribution is -2.38. The number of hydrogen-bond acceptors (Lipinski definition) is 4. The van der Waals surface area contributed by atoms with Gasteiger partial charge >= 0.3 is 0 Å². The first-order valence-electron chi connectivity index (χ1n) is 7.17. The number of aliphatic hydroxyl groups is 1. The maximum Gasteiger partial charge on any atom is 0.251 e. The Morgan fingerprint density at radius 3 is 2.50 bits per heavy atom. The van der Waals surface area contributed by atoms with Gasteiger partial charge in [-0.2, -0.15) is 0 Å². The first kappa shape index (κ1) is 16.7. The van der Waals surface area contributed by atoms with Crippen molar-refractivity contribution in [2.24, 2.45) is 0 Å². The third kappa shape index (κ3) is 4.40. The zero-order valence-corrected chi connectivity index (χ0v) is 14.0. The fourth-order valence-electron chi connectivity index (χ4n) is 2.15. The molecule has 22 heavy (non-hydrogen) atoms. The van der Waals surface area contributed by atoms with Gasteiger partial charge in [0.05, 0.1) is 6.54 Å². The predicted octanol–water partition coefficient (Wildman–Crippen LogP) is 2.45. The van der Waals surface area contributed by atoms with E-state index in [0.29, 0.717) is 5.56 Å². The Labute approximate surface area is 135 Å². The zero-order valence-electron chi connectivity index (χ0n) is 13.2. The van der Waals surface area contributed by atoms with E-state index in [2.05, 4.69) is 10.2 Å². The Morgan fingerprint density at radius 1 is 1.27 bits per heavy atom. The normalized spacial score (nSPS) is 13.9. The van der Waals surface area contributed by atoms with Gasteiger partial charge in [-0.15, -0.1) is 11.3 Å². The molecule has 1 heterocycles. The van der Waals surface area contributed by atoms with Crippen LogP contribution in [0.2, 0.25) is 0 Å². The molecule has 0 aliphatic rings. The average molecular weight is 318 g/mol. The third-order valence-corrected chi connectivity index (χ3v) is 4.48. The predicted molar refractivity (Wildman–Crippen MR) is 90.1 cm³/mol. The van der Waals surface area contributed by atoms with Crippen molar-refractivity contribution >= 4 is 17.2 Å². The van der Waals surface area contributed by atoms with E-state index < -0.39 is 5.60 Å². The molecule has 0 spiro atoms. The summed E-state index contributed by atoms with van der Waals surface area (Å²) in [4.78, 5) is 15.1. The van der Waals surface area contributed by atoms with Crippen LogP contribution >= 0.6 is 11.3 Å². The Morgan fingerprint density at radius 2 is 1.95 bits per heavy atom. The van der Waals surface area contributed by atoms with Crippen LogP contribution in [0.15, 0.2) is 41.8 Å². The van der Waals surface area contributed by atoms with Gasteiger partial charge in [0.1, 0.15) is 5.60 Å². The molecule has 0 bridgehead atoms. The SMILES string of the molecule is CN(C)Cc1ccc(C(=O)NCC(C)(O)c2cccs2)cc1. The first-order valence-corrected chi connectivity index (χ1v) is 8.05. The van der Waals surface area contributed by atoms with Crippen LogP contribution in [-0.2, 0) is 12.1 Å². The molecule has 1 amide bonds. The number of hydrogen-bond donors (Lipinski definition) is 2. The molecule has 0 fully saturated rings. The van der Waals surface area contributed by atoms with Gasteiger partial charge < -0.3 is 15.3 Å². The number of nitrogens with one attached hydrogen (secondary N) is 1. The Hall–Kier alpha value is -1.69. The van der Waals surface area contributed by atoms with E-state index >= 15 is 0 Å². The van der Waals surface area contributed by atoms with E-state index in [9.17, 15) is 9.90 Å². The van der Waals surface area contributed by atoms with Crippen LogP contribution in [0.3, 0.4) is 0 Å². The van der Waals surface area contributed by atoms with Gasteiger partial charge in [-0.25, -0.2) is 0 Å². The van der Waals surface area contributed by atoms with Crippen molar-refractivity contribution in [3.8, 4) is 0 Å². The molecule has 0 radical (unpaired) electrons. The van der Waals surface area contributed by atoms with Crippen LogP contribution in [0.25, 0.3) is 0 Å². The standard InChI is InChI=1S/C17H22N2O2S/c1-17(21,15-5-4-10-22-15)12-18-16(20)14-8-6-13(7-9-14)11-19(2)3/h4-10,21H,11-12H2,1-3H3,(H,18,20). The summed E-state index contributed by atoms with van der Waals surface area (Å²) in [5.74, 6) is -0.173. The molecule has 1 aromatic heterocycles. The van der Waals surface area contributed by atoms with Crippen LogP contribution < -0.4 is 5.32 Å². The zero-order chi connectivity index (χ0) is 16.2. The van der Waals surface area contributed by atoms with Gasteiger partial charge in [0, 0.05) is 17.0 Å². The number of carbonyl (C=O) groups excluding carboxylic acids is 1. The molecule has 2 rings (SSSR count). The van der Waals surface area contributed by atoms with Crippen LogP contribution in [0.1, 0.15) is 27.7 Å². The minimum Gasteiger partial charge on any atom is -0.383 e. The Kier molecular flexibility index (Phi) is 5.34. The molecular weight excluding hydrogens is 296 g/mol.